The van der Waals surface area contributed by atoms with E-state index < -0.39 is 26.3 Å². The van der Waals surface area contributed by atoms with Crippen molar-refractivity contribution in [2.24, 2.45) is 0 Å². The second-order valence-corrected chi connectivity index (χ2v) is 10.8. The maximum Gasteiger partial charge on any atom is 0.417 e. The average molecular weight is 486 g/mol. The summed E-state index contributed by atoms with van der Waals surface area (Å²) in [6.45, 7) is 1.72. The Bertz CT molecular complexity index is 1130. The minimum absolute atomic E-state index is 0.0325. The highest BCUT2D eigenvalue weighted by Crippen LogP contribution is 2.45. The molecule has 4 rings (SSSR count). The molecule has 2 N–H and O–H groups in total. The Morgan fingerprint density at radius 2 is 1.76 bits per heavy atom. The molecule has 2 fully saturated rings. The van der Waals surface area contributed by atoms with E-state index in [0.29, 0.717) is 52.0 Å². The Balaban J connectivity index is 1.96. The number of rotatable bonds is 4. The highest BCUT2D eigenvalue weighted by atomic mass is 32.2. The lowest BCUT2D eigenvalue weighted by Gasteiger charge is -2.36. The molecule has 0 unspecified atom stereocenters. The lowest BCUT2D eigenvalue weighted by atomic mass is 9.85. The van der Waals surface area contributed by atoms with Gasteiger partial charge in [-0.05, 0) is 25.0 Å². The molecule has 2 aromatic rings. The minimum atomic E-state index is -4.70. The van der Waals surface area contributed by atoms with E-state index in [1.54, 1.807) is 4.90 Å². The van der Waals surface area contributed by atoms with Crippen LogP contribution >= 0.6 is 0 Å². The van der Waals surface area contributed by atoms with Crippen LogP contribution in [0.25, 0.3) is 11.3 Å². The SMILES string of the molecule is CS(=O)(=O)C1(c2cc(-c3cnc(N)cc3C(F)(F)F)nc(N3CCOCC3)n2)CCCCC1. The summed E-state index contributed by atoms with van der Waals surface area (Å²) in [7, 11) is -3.62. The summed E-state index contributed by atoms with van der Waals surface area (Å²) in [5.41, 5.74) is 4.47. The molecule has 2 aliphatic rings. The molecule has 12 heteroatoms. The molecule has 0 spiro atoms. The first-order valence-electron chi connectivity index (χ1n) is 10.8. The monoisotopic (exact) mass is 485 g/mol. The van der Waals surface area contributed by atoms with Crippen LogP contribution in [0.4, 0.5) is 24.9 Å². The number of ether oxygens (including phenoxy) is 1. The topological polar surface area (TPSA) is 111 Å². The number of nitrogens with zero attached hydrogens (tertiary/aromatic N) is 4. The molecule has 8 nitrogen and oxygen atoms in total. The van der Waals surface area contributed by atoms with Crippen molar-refractivity contribution in [1.82, 2.24) is 15.0 Å². The normalized spacial score (nSPS) is 19.5. The van der Waals surface area contributed by atoms with Gasteiger partial charge in [0.25, 0.3) is 0 Å². The van der Waals surface area contributed by atoms with Crippen molar-refractivity contribution in [3.05, 3.63) is 29.6 Å². The van der Waals surface area contributed by atoms with E-state index in [0.717, 1.165) is 18.7 Å². The fourth-order valence-corrected chi connectivity index (χ4v) is 6.08. The molecule has 0 aromatic carbocycles. The Morgan fingerprint density at radius 3 is 2.36 bits per heavy atom. The zero-order valence-electron chi connectivity index (χ0n) is 18.2. The molecule has 0 radical (unpaired) electrons. The molecule has 180 valence electrons. The number of halogens is 3. The van der Waals surface area contributed by atoms with Gasteiger partial charge in [0.2, 0.25) is 5.95 Å². The number of alkyl halides is 3. The van der Waals surface area contributed by atoms with Crippen molar-refractivity contribution in [1.29, 1.82) is 0 Å². The molecule has 3 heterocycles. The number of aromatic nitrogens is 3. The first-order valence-corrected chi connectivity index (χ1v) is 12.7. The van der Waals surface area contributed by atoms with Crippen LogP contribution in [-0.2, 0) is 25.5 Å². The lowest BCUT2D eigenvalue weighted by molar-refractivity contribution is -0.137. The van der Waals surface area contributed by atoms with E-state index in [4.69, 9.17) is 10.5 Å². The first-order chi connectivity index (χ1) is 15.5. The summed E-state index contributed by atoms with van der Waals surface area (Å²) >= 11 is 0. The molecular weight excluding hydrogens is 459 g/mol. The maximum atomic E-state index is 13.8. The number of sulfone groups is 1. The van der Waals surface area contributed by atoms with Crippen LogP contribution in [0.3, 0.4) is 0 Å². The van der Waals surface area contributed by atoms with E-state index in [9.17, 15) is 21.6 Å². The number of nitrogen functional groups attached to an aromatic ring is 1. The molecule has 1 aliphatic carbocycles. The fraction of sp³-hybridized carbons (Fsp3) is 0.571. The fourth-order valence-electron chi connectivity index (χ4n) is 4.56. The van der Waals surface area contributed by atoms with E-state index in [-0.39, 0.29) is 28.7 Å². The zero-order chi connectivity index (χ0) is 23.9. The standard InChI is InChI=1S/C21H26F3N5O3S/c1-33(30,31)20(5-3-2-4-6-20)17-12-16(27-19(28-17)29-7-9-32-10-8-29)14-13-26-18(25)11-15(14)21(22,23)24/h11-13H,2-10H2,1H3,(H2,25,26). The molecule has 1 aliphatic heterocycles. The lowest BCUT2D eigenvalue weighted by Crippen LogP contribution is -2.40. The molecule has 0 atom stereocenters. The molecule has 0 amide bonds. The highest BCUT2D eigenvalue weighted by molar-refractivity contribution is 7.91. The van der Waals surface area contributed by atoms with Crippen LogP contribution in [0.1, 0.15) is 43.4 Å². The van der Waals surface area contributed by atoms with E-state index in [1.807, 2.05) is 0 Å². The Morgan fingerprint density at radius 1 is 1.09 bits per heavy atom. The average Bonchev–Trinajstić information content (AvgIpc) is 2.78. The number of anilines is 2. The van der Waals surface area contributed by atoms with Crippen molar-refractivity contribution in [2.45, 2.75) is 43.0 Å². The summed E-state index contributed by atoms with van der Waals surface area (Å²) in [6.07, 6.45) is 0.490. The molecule has 2 aromatic heterocycles. The summed E-state index contributed by atoms with van der Waals surface area (Å²) in [5, 5.41) is 0. The van der Waals surface area contributed by atoms with E-state index >= 15 is 0 Å². The molecule has 0 bridgehead atoms. The molecule has 1 saturated carbocycles. The smallest absolute Gasteiger partial charge is 0.384 e. The predicted molar refractivity (Wildman–Crippen MR) is 117 cm³/mol. The Labute approximate surface area is 190 Å². The van der Waals surface area contributed by atoms with Crippen LogP contribution in [0.2, 0.25) is 0 Å². The van der Waals surface area contributed by atoms with Gasteiger partial charge in [-0.3, -0.25) is 0 Å². The van der Waals surface area contributed by atoms with E-state index in [2.05, 4.69) is 15.0 Å². The van der Waals surface area contributed by atoms with Gasteiger partial charge < -0.3 is 15.4 Å². The van der Waals surface area contributed by atoms with Gasteiger partial charge in [-0.25, -0.2) is 23.4 Å². The van der Waals surface area contributed by atoms with Gasteiger partial charge in [0, 0.05) is 31.1 Å². The summed E-state index contributed by atoms with van der Waals surface area (Å²) in [6, 6.07) is 2.14. The highest BCUT2D eigenvalue weighted by Gasteiger charge is 2.45. The maximum absolute atomic E-state index is 13.8. The quantitative estimate of drug-likeness (QED) is 0.703. The third kappa shape index (κ3) is 4.63. The number of hydrogen-bond acceptors (Lipinski definition) is 8. The number of pyridine rings is 1. The van der Waals surface area contributed by atoms with Crippen LogP contribution in [0, 0.1) is 0 Å². The van der Waals surface area contributed by atoms with Gasteiger partial charge in [-0.2, -0.15) is 13.2 Å². The first kappa shape index (κ1) is 23.7. The van der Waals surface area contributed by atoms with Gasteiger partial charge in [-0.1, -0.05) is 19.3 Å². The van der Waals surface area contributed by atoms with Gasteiger partial charge in [0.15, 0.2) is 9.84 Å². The number of morpholine rings is 1. The van der Waals surface area contributed by atoms with Crippen LogP contribution in [-0.4, -0.2) is 55.9 Å². The van der Waals surface area contributed by atoms with Crippen LogP contribution < -0.4 is 10.6 Å². The van der Waals surface area contributed by atoms with Crippen molar-refractivity contribution in [3.63, 3.8) is 0 Å². The van der Waals surface area contributed by atoms with Crippen molar-refractivity contribution >= 4 is 21.6 Å². The second kappa shape index (κ2) is 8.71. The summed E-state index contributed by atoms with van der Waals surface area (Å²) in [4.78, 5) is 14.7. The van der Waals surface area contributed by atoms with Gasteiger partial charge >= 0.3 is 6.18 Å². The molecule has 33 heavy (non-hydrogen) atoms. The third-order valence-corrected chi connectivity index (χ3v) is 8.39. The minimum Gasteiger partial charge on any atom is -0.384 e. The van der Waals surface area contributed by atoms with E-state index in [1.165, 1.54) is 12.3 Å². The Hall–Kier alpha value is -2.47. The summed E-state index contributed by atoms with van der Waals surface area (Å²) in [5.74, 6) is -0.0852. The number of hydrogen-bond donors (Lipinski definition) is 1. The summed E-state index contributed by atoms with van der Waals surface area (Å²) < 4.78 is 71.6. The third-order valence-electron chi connectivity index (χ3n) is 6.35. The van der Waals surface area contributed by atoms with Crippen LogP contribution in [0.15, 0.2) is 18.3 Å². The van der Waals surface area contributed by atoms with Gasteiger partial charge in [0.05, 0.1) is 30.2 Å². The molecule has 1 saturated heterocycles. The van der Waals surface area contributed by atoms with Crippen molar-refractivity contribution < 1.29 is 26.3 Å². The van der Waals surface area contributed by atoms with Crippen molar-refractivity contribution in [3.8, 4) is 11.3 Å². The van der Waals surface area contributed by atoms with Crippen LogP contribution in [0.5, 0.6) is 0 Å². The van der Waals surface area contributed by atoms with Crippen molar-refractivity contribution in [2.75, 3.05) is 43.2 Å². The molecular formula is C21H26F3N5O3S. The Kier molecular flexibility index (Phi) is 6.25. The van der Waals surface area contributed by atoms with Gasteiger partial charge in [0.1, 0.15) is 10.6 Å². The number of nitrogens with two attached hydrogens (primary N) is 1. The predicted octanol–water partition coefficient (Wildman–Crippen LogP) is 3.18. The largest absolute Gasteiger partial charge is 0.417 e. The second-order valence-electron chi connectivity index (χ2n) is 8.52. The van der Waals surface area contributed by atoms with Gasteiger partial charge in [-0.15, -0.1) is 0 Å². The zero-order valence-corrected chi connectivity index (χ0v) is 19.0.